The van der Waals surface area contributed by atoms with Gasteiger partial charge in [0.2, 0.25) is 11.8 Å². The molecule has 0 N–H and O–H groups in total. The minimum Gasteiger partial charge on any atom is -0.342 e. The zero-order chi connectivity index (χ0) is 23.1. The third kappa shape index (κ3) is 4.25. The SMILES string of the molecule is CC(=O)n1nc(-c2ccc(-c3ccc(F)cc3)cc2)n(CC2CCN(C(=O)C3CC3)C2)c1=O. The van der Waals surface area contributed by atoms with E-state index in [2.05, 4.69) is 5.10 Å². The predicted molar refractivity (Wildman–Crippen MR) is 121 cm³/mol. The molecule has 2 fully saturated rings. The first-order chi connectivity index (χ1) is 15.9. The van der Waals surface area contributed by atoms with Crippen LogP contribution in [0.4, 0.5) is 4.39 Å². The molecule has 0 radical (unpaired) electrons. The lowest BCUT2D eigenvalue weighted by molar-refractivity contribution is -0.131. The molecule has 2 heterocycles. The Morgan fingerprint density at radius 3 is 2.18 bits per heavy atom. The molecule has 2 aliphatic rings. The Kier molecular flexibility index (Phi) is 5.44. The van der Waals surface area contributed by atoms with Gasteiger partial charge in [0, 0.05) is 38.0 Å². The summed E-state index contributed by atoms with van der Waals surface area (Å²) < 4.78 is 15.7. The molecule has 5 rings (SSSR count). The van der Waals surface area contributed by atoms with Crippen LogP contribution in [0.1, 0.15) is 31.0 Å². The number of nitrogens with zero attached hydrogens (tertiary/aromatic N) is 4. The van der Waals surface area contributed by atoms with Gasteiger partial charge in [-0.15, -0.1) is 9.78 Å². The van der Waals surface area contributed by atoms with Gasteiger partial charge in [0.05, 0.1) is 0 Å². The van der Waals surface area contributed by atoms with Crippen LogP contribution in [0, 0.1) is 17.7 Å². The third-order valence-corrected chi connectivity index (χ3v) is 6.45. The van der Waals surface area contributed by atoms with Gasteiger partial charge in [-0.1, -0.05) is 36.4 Å². The van der Waals surface area contributed by atoms with E-state index in [4.69, 9.17) is 0 Å². The van der Waals surface area contributed by atoms with E-state index in [9.17, 15) is 18.8 Å². The quantitative estimate of drug-likeness (QED) is 0.599. The van der Waals surface area contributed by atoms with Crippen LogP contribution in [-0.4, -0.2) is 44.2 Å². The van der Waals surface area contributed by atoms with Gasteiger partial charge in [0.15, 0.2) is 5.82 Å². The summed E-state index contributed by atoms with van der Waals surface area (Å²) in [5, 5.41) is 4.32. The first-order valence-electron chi connectivity index (χ1n) is 11.3. The first-order valence-corrected chi connectivity index (χ1v) is 11.3. The van der Waals surface area contributed by atoms with Crippen LogP contribution in [0.25, 0.3) is 22.5 Å². The molecule has 33 heavy (non-hydrogen) atoms. The van der Waals surface area contributed by atoms with Gasteiger partial charge >= 0.3 is 5.69 Å². The van der Waals surface area contributed by atoms with E-state index in [1.54, 1.807) is 16.7 Å². The van der Waals surface area contributed by atoms with Crippen LogP contribution in [0.15, 0.2) is 53.3 Å². The molecule has 2 aromatic carbocycles. The number of hydrogen-bond donors (Lipinski definition) is 0. The lowest BCUT2D eigenvalue weighted by atomic mass is 10.0. The highest BCUT2D eigenvalue weighted by atomic mass is 19.1. The molecule has 3 aromatic rings. The largest absolute Gasteiger partial charge is 0.353 e. The topological polar surface area (TPSA) is 77.2 Å². The zero-order valence-electron chi connectivity index (χ0n) is 18.4. The van der Waals surface area contributed by atoms with Crippen molar-refractivity contribution in [1.29, 1.82) is 0 Å². The molecular weight excluding hydrogens is 423 g/mol. The number of carbonyl (C=O) groups is 2. The maximum atomic E-state index is 13.2. The minimum atomic E-state index is -0.466. The Balaban J connectivity index is 1.42. The standard InChI is InChI=1S/C25H25FN4O3/c1-16(31)30-25(33)29(15-17-12-13-28(14-17)24(32)21-6-7-21)23(27-30)20-4-2-18(3-5-20)19-8-10-22(26)11-9-19/h2-5,8-11,17,21H,6-7,12-15H2,1H3. The number of amides is 1. The van der Waals surface area contributed by atoms with Crippen molar-refractivity contribution in [3.63, 3.8) is 0 Å². The van der Waals surface area contributed by atoms with E-state index < -0.39 is 11.6 Å². The smallest absolute Gasteiger partial charge is 0.342 e. The fourth-order valence-electron chi connectivity index (χ4n) is 4.46. The van der Waals surface area contributed by atoms with Crippen LogP contribution >= 0.6 is 0 Å². The molecule has 1 aliphatic carbocycles. The van der Waals surface area contributed by atoms with E-state index in [1.807, 2.05) is 29.2 Å². The highest BCUT2D eigenvalue weighted by Gasteiger charge is 2.37. The van der Waals surface area contributed by atoms with E-state index in [1.165, 1.54) is 19.1 Å². The van der Waals surface area contributed by atoms with Crippen molar-refractivity contribution in [2.24, 2.45) is 11.8 Å². The summed E-state index contributed by atoms with van der Waals surface area (Å²) in [7, 11) is 0. The normalized spacial score (nSPS) is 18.0. The summed E-state index contributed by atoms with van der Waals surface area (Å²) in [4.78, 5) is 39.3. The van der Waals surface area contributed by atoms with E-state index >= 15 is 0 Å². The van der Waals surface area contributed by atoms with Crippen molar-refractivity contribution in [3.8, 4) is 22.5 Å². The molecule has 1 atom stereocenters. The highest BCUT2D eigenvalue weighted by molar-refractivity contribution is 5.81. The molecule has 1 unspecified atom stereocenters. The Hall–Kier alpha value is -3.55. The minimum absolute atomic E-state index is 0.132. The molecule has 170 valence electrons. The molecular formula is C25H25FN4O3. The number of benzene rings is 2. The number of likely N-dealkylation sites (tertiary alicyclic amines) is 1. The first kappa shape index (κ1) is 21.3. The second kappa shape index (κ2) is 8.42. The molecule has 1 saturated carbocycles. The van der Waals surface area contributed by atoms with Crippen LogP contribution in [-0.2, 0) is 11.3 Å². The van der Waals surface area contributed by atoms with Crippen molar-refractivity contribution in [2.75, 3.05) is 13.1 Å². The lowest BCUT2D eigenvalue weighted by Gasteiger charge is -2.16. The average Bonchev–Trinajstić information content (AvgIpc) is 3.47. The van der Waals surface area contributed by atoms with Gasteiger partial charge in [0.1, 0.15) is 5.82 Å². The monoisotopic (exact) mass is 448 g/mol. The zero-order valence-corrected chi connectivity index (χ0v) is 18.4. The van der Waals surface area contributed by atoms with Gasteiger partial charge in [-0.05, 0) is 48.4 Å². The number of aromatic nitrogens is 3. The number of hydrogen-bond acceptors (Lipinski definition) is 4. The van der Waals surface area contributed by atoms with Gasteiger partial charge in [0.25, 0.3) is 0 Å². The molecule has 7 nitrogen and oxygen atoms in total. The van der Waals surface area contributed by atoms with Gasteiger partial charge in [-0.25, -0.2) is 9.18 Å². The van der Waals surface area contributed by atoms with Crippen molar-refractivity contribution in [3.05, 3.63) is 64.8 Å². The van der Waals surface area contributed by atoms with Crippen molar-refractivity contribution in [2.45, 2.75) is 32.7 Å². The fraction of sp³-hybridized carbons (Fsp3) is 0.360. The summed E-state index contributed by atoms with van der Waals surface area (Å²) >= 11 is 0. The van der Waals surface area contributed by atoms with Crippen LogP contribution in [0.3, 0.4) is 0 Å². The van der Waals surface area contributed by atoms with Crippen molar-refractivity contribution < 1.29 is 14.0 Å². The Morgan fingerprint density at radius 2 is 1.58 bits per heavy atom. The molecule has 1 aromatic heterocycles. The molecule has 8 heteroatoms. The summed E-state index contributed by atoms with van der Waals surface area (Å²) in [5.41, 5.74) is 2.03. The Labute approximate surface area is 190 Å². The van der Waals surface area contributed by atoms with Crippen LogP contribution in [0.2, 0.25) is 0 Å². The molecule has 0 bridgehead atoms. The summed E-state index contributed by atoms with van der Waals surface area (Å²) in [5.74, 6) is 0.224. The van der Waals surface area contributed by atoms with Gasteiger partial charge < -0.3 is 4.90 Å². The summed E-state index contributed by atoms with van der Waals surface area (Å²) in [6.45, 7) is 3.04. The number of carbonyl (C=O) groups excluding carboxylic acids is 2. The Morgan fingerprint density at radius 1 is 0.970 bits per heavy atom. The molecule has 0 spiro atoms. The summed E-state index contributed by atoms with van der Waals surface area (Å²) in [6, 6.07) is 13.7. The average molecular weight is 448 g/mol. The fourth-order valence-corrected chi connectivity index (χ4v) is 4.46. The van der Waals surface area contributed by atoms with E-state index in [-0.39, 0.29) is 23.6 Å². The van der Waals surface area contributed by atoms with E-state index in [0.29, 0.717) is 31.0 Å². The van der Waals surface area contributed by atoms with Crippen molar-refractivity contribution in [1.82, 2.24) is 19.2 Å². The lowest BCUT2D eigenvalue weighted by Crippen LogP contribution is -2.32. The maximum absolute atomic E-state index is 13.2. The van der Waals surface area contributed by atoms with Gasteiger partial charge in [-0.2, -0.15) is 0 Å². The second-order valence-electron chi connectivity index (χ2n) is 8.95. The predicted octanol–water partition coefficient (Wildman–Crippen LogP) is 3.44. The van der Waals surface area contributed by atoms with Crippen LogP contribution in [0.5, 0.6) is 0 Å². The summed E-state index contributed by atoms with van der Waals surface area (Å²) in [6.07, 6.45) is 2.77. The molecule has 1 saturated heterocycles. The van der Waals surface area contributed by atoms with Gasteiger partial charge in [-0.3, -0.25) is 14.2 Å². The second-order valence-corrected chi connectivity index (χ2v) is 8.95. The maximum Gasteiger partial charge on any atom is 0.353 e. The number of halogens is 1. The van der Waals surface area contributed by atoms with E-state index in [0.717, 1.165) is 35.1 Å². The number of rotatable bonds is 5. The van der Waals surface area contributed by atoms with Crippen molar-refractivity contribution >= 4 is 11.8 Å². The molecule has 1 aliphatic heterocycles. The highest BCUT2D eigenvalue weighted by Crippen LogP contribution is 2.33. The molecule has 1 amide bonds. The third-order valence-electron chi connectivity index (χ3n) is 6.45. The Bertz CT molecular complexity index is 1260. The van der Waals surface area contributed by atoms with Crippen LogP contribution < -0.4 is 5.69 Å².